The SMILES string of the molecule is CCCCCCCC[N+](C)(C)Cc1ccccc1C[N+](C)(C)CCCCCCCC. The summed E-state index contributed by atoms with van der Waals surface area (Å²) in [5, 5.41) is 0. The number of hydrogen-bond acceptors (Lipinski definition) is 0. The number of hydrogen-bond donors (Lipinski definition) is 0. The number of nitrogens with zero attached hydrogens (tertiary/aromatic N) is 2. The highest BCUT2D eigenvalue weighted by Crippen LogP contribution is 2.20. The Bertz CT molecular complexity index is 498. The van der Waals surface area contributed by atoms with Crippen molar-refractivity contribution in [3.05, 3.63) is 35.4 Å². The molecule has 0 saturated heterocycles. The molecule has 0 fully saturated rings. The summed E-state index contributed by atoms with van der Waals surface area (Å²) in [6, 6.07) is 9.22. The molecule has 0 aliphatic carbocycles. The van der Waals surface area contributed by atoms with E-state index in [4.69, 9.17) is 0 Å². The smallest absolute Gasteiger partial charge is 0.104 e. The van der Waals surface area contributed by atoms with Gasteiger partial charge in [0.25, 0.3) is 0 Å². The lowest BCUT2D eigenvalue weighted by atomic mass is 10.0. The zero-order valence-corrected chi connectivity index (χ0v) is 21.5. The fourth-order valence-electron chi connectivity index (χ4n) is 4.59. The van der Waals surface area contributed by atoms with Crippen molar-refractivity contribution < 1.29 is 8.97 Å². The fourth-order valence-corrected chi connectivity index (χ4v) is 4.59. The summed E-state index contributed by atoms with van der Waals surface area (Å²) >= 11 is 0. The van der Waals surface area contributed by atoms with Crippen LogP contribution in [-0.4, -0.2) is 50.2 Å². The normalized spacial score (nSPS) is 12.5. The van der Waals surface area contributed by atoms with Crippen molar-refractivity contribution in [3.8, 4) is 0 Å². The molecule has 174 valence electrons. The van der Waals surface area contributed by atoms with Gasteiger partial charge in [0.1, 0.15) is 13.1 Å². The first-order chi connectivity index (χ1) is 14.3. The van der Waals surface area contributed by atoms with E-state index in [1.54, 1.807) is 11.1 Å². The van der Waals surface area contributed by atoms with Crippen molar-refractivity contribution in [2.45, 2.75) is 104 Å². The lowest BCUT2D eigenvalue weighted by Gasteiger charge is -2.33. The van der Waals surface area contributed by atoms with Gasteiger partial charge in [0, 0.05) is 11.1 Å². The third-order valence-electron chi connectivity index (χ3n) is 6.55. The molecule has 0 spiro atoms. The number of rotatable bonds is 18. The molecule has 0 aromatic heterocycles. The highest BCUT2D eigenvalue weighted by atomic mass is 15.3. The first kappa shape index (κ1) is 27.2. The second-order valence-corrected chi connectivity index (χ2v) is 10.9. The molecule has 30 heavy (non-hydrogen) atoms. The van der Waals surface area contributed by atoms with Gasteiger partial charge in [-0.05, 0) is 25.7 Å². The Labute approximate surface area is 189 Å². The highest BCUT2D eigenvalue weighted by molar-refractivity contribution is 5.25. The molecule has 1 aromatic rings. The van der Waals surface area contributed by atoms with Crippen molar-refractivity contribution >= 4 is 0 Å². The number of unbranched alkanes of at least 4 members (excludes halogenated alkanes) is 10. The van der Waals surface area contributed by atoms with E-state index in [1.165, 1.54) is 90.1 Å². The summed E-state index contributed by atoms with van der Waals surface area (Å²) in [5.74, 6) is 0. The zero-order chi connectivity index (χ0) is 22.3. The predicted octanol–water partition coefficient (Wildman–Crippen LogP) is 7.56. The molecule has 0 heterocycles. The van der Waals surface area contributed by atoms with Crippen LogP contribution >= 0.6 is 0 Å². The summed E-state index contributed by atoms with van der Waals surface area (Å²) in [6.07, 6.45) is 16.6. The van der Waals surface area contributed by atoms with Crippen LogP contribution in [0.5, 0.6) is 0 Å². The van der Waals surface area contributed by atoms with Crippen molar-refractivity contribution in [3.63, 3.8) is 0 Å². The quantitative estimate of drug-likeness (QED) is 0.170. The minimum absolute atomic E-state index is 1.11. The molecule has 0 unspecified atom stereocenters. The van der Waals surface area contributed by atoms with E-state index in [0.29, 0.717) is 0 Å². The van der Waals surface area contributed by atoms with Crippen LogP contribution in [0.4, 0.5) is 0 Å². The van der Waals surface area contributed by atoms with Gasteiger partial charge in [0.05, 0.1) is 41.3 Å². The van der Waals surface area contributed by atoms with Crippen LogP contribution < -0.4 is 0 Å². The first-order valence-corrected chi connectivity index (χ1v) is 13.0. The van der Waals surface area contributed by atoms with Crippen LogP contribution in [0.2, 0.25) is 0 Å². The Morgan fingerprint density at radius 3 is 1.20 bits per heavy atom. The van der Waals surface area contributed by atoms with Crippen LogP contribution in [0.25, 0.3) is 0 Å². The van der Waals surface area contributed by atoms with Gasteiger partial charge in [0.15, 0.2) is 0 Å². The summed E-state index contributed by atoms with van der Waals surface area (Å²) in [7, 11) is 9.66. The van der Waals surface area contributed by atoms with E-state index < -0.39 is 0 Å². The lowest BCUT2D eigenvalue weighted by Crippen LogP contribution is -2.42. The van der Waals surface area contributed by atoms with E-state index in [1.807, 2.05) is 0 Å². The summed E-state index contributed by atoms with van der Waals surface area (Å²) in [5.41, 5.74) is 3.12. The molecule has 2 heteroatoms. The van der Waals surface area contributed by atoms with Crippen LogP contribution in [0.3, 0.4) is 0 Å². The van der Waals surface area contributed by atoms with Crippen molar-refractivity contribution in [1.82, 2.24) is 0 Å². The summed E-state index contributed by atoms with van der Waals surface area (Å²) in [6.45, 7) is 9.48. The molecular formula is C28H54N2+2. The van der Waals surface area contributed by atoms with Crippen molar-refractivity contribution in [2.24, 2.45) is 0 Å². The van der Waals surface area contributed by atoms with Crippen molar-refractivity contribution in [1.29, 1.82) is 0 Å². The second-order valence-electron chi connectivity index (χ2n) is 10.9. The molecule has 0 atom stereocenters. The van der Waals surface area contributed by atoms with E-state index in [-0.39, 0.29) is 0 Å². The van der Waals surface area contributed by atoms with Gasteiger partial charge in [-0.15, -0.1) is 0 Å². The van der Waals surface area contributed by atoms with Gasteiger partial charge in [-0.1, -0.05) is 89.5 Å². The summed E-state index contributed by atoms with van der Waals surface area (Å²) < 4.78 is 2.21. The van der Waals surface area contributed by atoms with E-state index in [9.17, 15) is 0 Å². The van der Waals surface area contributed by atoms with E-state index in [0.717, 1.165) is 22.1 Å². The van der Waals surface area contributed by atoms with Crippen LogP contribution in [0.15, 0.2) is 24.3 Å². The third-order valence-corrected chi connectivity index (χ3v) is 6.55. The molecule has 0 radical (unpaired) electrons. The highest BCUT2D eigenvalue weighted by Gasteiger charge is 2.22. The Hall–Kier alpha value is -0.860. The number of quaternary nitrogens is 2. The van der Waals surface area contributed by atoms with Gasteiger partial charge in [-0.25, -0.2) is 0 Å². The predicted molar refractivity (Wildman–Crippen MR) is 135 cm³/mol. The molecule has 0 aliphatic heterocycles. The average Bonchev–Trinajstić information content (AvgIpc) is 2.68. The molecular weight excluding hydrogens is 364 g/mol. The maximum atomic E-state index is 2.42. The molecule has 0 saturated carbocycles. The largest absolute Gasteiger partial charge is 0.325 e. The Kier molecular flexibility index (Phi) is 13.6. The average molecular weight is 419 g/mol. The standard InChI is InChI=1S/C28H54N2/c1-7-9-11-13-15-19-23-29(3,4)25-27-21-17-18-22-28(27)26-30(5,6)24-20-16-14-12-10-8-2/h17-18,21-22H,7-16,19-20,23-26H2,1-6H3/q+2. The monoisotopic (exact) mass is 418 g/mol. The molecule has 0 N–H and O–H groups in total. The first-order valence-electron chi connectivity index (χ1n) is 13.0. The third kappa shape index (κ3) is 12.7. The minimum Gasteiger partial charge on any atom is -0.325 e. The molecule has 0 amide bonds. The molecule has 2 nitrogen and oxygen atoms in total. The van der Waals surface area contributed by atoms with Crippen LogP contribution in [-0.2, 0) is 13.1 Å². The second kappa shape index (κ2) is 15.0. The van der Waals surface area contributed by atoms with Gasteiger partial charge in [-0.3, -0.25) is 0 Å². The van der Waals surface area contributed by atoms with Gasteiger partial charge < -0.3 is 8.97 Å². The minimum atomic E-state index is 1.11. The Morgan fingerprint density at radius 1 is 0.500 bits per heavy atom. The lowest BCUT2D eigenvalue weighted by molar-refractivity contribution is -0.907. The summed E-state index contributed by atoms with van der Waals surface area (Å²) in [4.78, 5) is 0. The van der Waals surface area contributed by atoms with E-state index in [2.05, 4.69) is 66.3 Å². The zero-order valence-electron chi connectivity index (χ0n) is 21.5. The fraction of sp³-hybridized carbons (Fsp3) is 0.786. The van der Waals surface area contributed by atoms with Crippen LogP contribution in [0, 0.1) is 0 Å². The Morgan fingerprint density at radius 2 is 0.833 bits per heavy atom. The van der Waals surface area contributed by atoms with Crippen LogP contribution in [0.1, 0.15) is 102 Å². The molecule has 1 aromatic carbocycles. The maximum Gasteiger partial charge on any atom is 0.104 e. The molecule has 0 aliphatic rings. The Balaban J connectivity index is 2.51. The number of benzene rings is 1. The van der Waals surface area contributed by atoms with Gasteiger partial charge in [0.2, 0.25) is 0 Å². The van der Waals surface area contributed by atoms with Gasteiger partial charge >= 0.3 is 0 Å². The molecule has 0 bridgehead atoms. The van der Waals surface area contributed by atoms with E-state index >= 15 is 0 Å². The molecule has 1 rings (SSSR count). The maximum absolute atomic E-state index is 2.42. The topological polar surface area (TPSA) is 0 Å². The van der Waals surface area contributed by atoms with Gasteiger partial charge in [-0.2, -0.15) is 0 Å². The van der Waals surface area contributed by atoms with Crippen molar-refractivity contribution in [2.75, 3.05) is 41.3 Å².